The maximum atomic E-state index is 6.06. The molecule has 0 heterocycles. The maximum absolute atomic E-state index is 6.06. The predicted molar refractivity (Wildman–Crippen MR) is 83.0 cm³/mol. The number of likely N-dealkylation sites (N-methyl/N-ethyl adjacent to an activating group) is 1. The van der Waals surface area contributed by atoms with Crippen LogP contribution in [0.3, 0.4) is 0 Å². The lowest BCUT2D eigenvalue weighted by atomic mass is 9.91. The van der Waals surface area contributed by atoms with Gasteiger partial charge in [0.2, 0.25) is 0 Å². The van der Waals surface area contributed by atoms with Crippen molar-refractivity contribution in [3.8, 4) is 0 Å². The molecule has 100 valence electrons. The Morgan fingerprint density at radius 2 is 1.84 bits per heavy atom. The van der Waals surface area contributed by atoms with E-state index in [1.165, 1.54) is 16.7 Å². The third-order valence-corrected chi connectivity index (χ3v) is 3.61. The van der Waals surface area contributed by atoms with Gasteiger partial charge in [0.15, 0.2) is 0 Å². The monoisotopic (exact) mass is 273 g/mol. The van der Waals surface area contributed by atoms with E-state index in [-0.39, 0.29) is 0 Å². The van der Waals surface area contributed by atoms with Crippen LogP contribution >= 0.6 is 11.6 Å². The molecule has 2 heteroatoms. The summed E-state index contributed by atoms with van der Waals surface area (Å²) < 4.78 is 0. The maximum Gasteiger partial charge on any atom is 0.0408 e. The molecule has 1 nitrogen and oxygen atoms in total. The summed E-state index contributed by atoms with van der Waals surface area (Å²) in [6.45, 7) is 3.09. The first-order chi connectivity index (χ1) is 9.19. The first kappa shape index (κ1) is 14.1. The number of hydrogen-bond acceptors (Lipinski definition) is 1. The van der Waals surface area contributed by atoms with Gasteiger partial charge in [-0.05, 0) is 43.7 Å². The molecule has 1 N–H and O–H groups in total. The minimum Gasteiger partial charge on any atom is -0.319 e. The van der Waals surface area contributed by atoms with Gasteiger partial charge in [0.1, 0.15) is 0 Å². The van der Waals surface area contributed by atoms with Gasteiger partial charge in [0.25, 0.3) is 0 Å². The fourth-order valence-electron chi connectivity index (χ4n) is 2.34. The molecule has 0 aliphatic carbocycles. The normalized spacial score (nSPS) is 12.4. The Hall–Kier alpha value is -1.31. The molecule has 0 radical (unpaired) electrons. The van der Waals surface area contributed by atoms with Gasteiger partial charge >= 0.3 is 0 Å². The molecular formula is C17H20ClN. The number of nitrogens with one attached hydrogen (secondary N) is 1. The standard InChI is InChI=1S/C17H20ClN/c1-13-6-8-15(9-7-13)16(12-19-2)10-14-4-3-5-17(18)11-14/h3-9,11,16,19H,10,12H2,1-2H3. The van der Waals surface area contributed by atoms with E-state index in [1.807, 2.05) is 19.2 Å². The van der Waals surface area contributed by atoms with Crippen molar-refractivity contribution in [3.63, 3.8) is 0 Å². The summed E-state index contributed by atoms with van der Waals surface area (Å²) in [6.07, 6.45) is 1.00. The highest BCUT2D eigenvalue weighted by atomic mass is 35.5. The zero-order valence-electron chi connectivity index (χ0n) is 11.5. The number of rotatable bonds is 5. The lowest BCUT2D eigenvalue weighted by Crippen LogP contribution is -2.19. The molecule has 19 heavy (non-hydrogen) atoms. The first-order valence-corrected chi connectivity index (χ1v) is 7.02. The lowest BCUT2D eigenvalue weighted by molar-refractivity contribution is 0.625. The predicted octanol–water partition coefficient (Wildman–Crippen LogP) is 4.19. The van der Waals surface area contributed by atoms with Crippen LogP contribution in [0.25, 0.3) is 0 Å². The third-order valence-electron chi connectivity index (χ3n) is 3.37. The van der Waals surface area contributed by atoms with Crippen LogP contribution in [-0.2, 0) is 6.42 Å². The highest BCUT2D eigenvalue weighted by Gasteiger charge is 2.11. The van der Waals surface area contributed by atoms with Gasteiger partial charge in [-0.25, -0.2) is 0 Å². The van der Waals surface area contributed by atoms with Gasteiger partial charge in [-0.1, -0.05) is 53.6 Å². The van der Waals surface area contributed by atoms with E-state index in [4.69, 9.17) is 11.6 Å². The fourth-order valence-corrected chi connectivity index (χ4v) is 2.55. The van der Waals surface area contributed by atoms with Crippen molar-refractivity contribution in [2.24, 2.45) is 0 Å². The second-order valence-corrected chi connectivity index (χ2v) is 5.44. The third kappa shape index (κ3) is 4.09. The second kappa shape index (κ2) is 6.74. The highest BCUT2D eigenvalue weighted by molar-refractivity contribution is 6.30. The van der Waals surface area contributed by atoms with Crippen LogP contribution in [0, 0.1) is 6.92 Å². The summed E-state index contributed by atoms with van der Waals surface area (Å²) in [5.41, 5.74) is 3.96. The molecule has 2 aromatic carbocycles. The molecule has 0 saturated heterocycles. The summed E-state index contributed by atoms with van der Waals surface area (Å²) in [5, 5.41) is 4.09. The summed E-state index contributed by atoms with van der Waals surface area (Å²) in [4.78, 5) is 0. The van der Waals surface area contributed by atoms with Crippen molar-refractivity contribution in [2.75, 3.05) is 13.6 Å². The summed E-state index contributed by atoms with van der Waals surface area (Å²) >= 11 is 6.06. The number of hydrogen-bond donors (Lipinski definition) is 1. The summed E-state index contributed by atoms with van der Waals surface area (Å²) in [7, 11) is 2.00. The van der Waals surface area contributed by atoms with Gasteiger partial charge in [0.05, 0.1) is 0 Å². The minimum atomic E-state index is 0.476. The molecule has 0 aliphatic heterocycles. The molecule has 0 aliphatic rings. The summed E-state index contributed by atoms with van der Waals surface area (Å²) in [6, 6.07) is 16.9. The van der Waals surface area contributed by atoms with Gasteiger partial charge in [-0.2, -0.15) is 0 Å². The van der Waals surface area contributed by atoms with E-state index < -0.39 is 0 Å². The quantitative estimate of drug-likeness (QED) is 0.861. The number of benzene rings is 2. The molecule has 1 unspecified atom stereocenters. The number of aryl methyl sites for hydroxylation is 1. The van der Waals surface area contributed by atoms with Crippen molar-refractivity contribution in [2.45, 2.75) is 19.3 Å². The van der Waals surface area contributed by atoms with E-state index in [0.717, 1.165) is 18.0 Å². The highest BCUT2D eigenvalue weighted by Crippen LogP contribution is 2.22. The molecular weight excluding hydrogens is 254 g/mol. The Kier molecular flexibility index (Phi) is 5.00. The Bertz CT molecular complexity index is 519. The minimum absolute atomic E-state index is 0.476. The zero-order valence-corrected chi connectivity index (χ0v) is 12.2. The Balaban J connectivity index is 2.18. The van der Waals surface area contributed by atoms with Crippen LogP contribution < -0.4 is 5.32 Å². The molecule has 2 aromatic rings. The van der Waals surface area contributed by atoms with E-state index in [9.17, 15) is 0 Å². The molecule has 0 fully saturated rings. The average Bonchev–Trinajstić information content (AvgIpc) is 2.39. The molecule has 0 bridgehead atoms. The molecule has 1 atom stereocenters. The Morgan fingerprint density at radius 1 is 1.11 bits per heavy atom. The average molecular weight is 274 g/mol. The van der Waals surface area contributed by atoms with Crippen LogP contribution in [0.2, 0.25) is 5.02 Å². The van der Waals surface area contributed by atoms with Crippen molar-refractivity contribution in [1.29, 1.82) is 0 Å². The topological polar surface area (TPSA) is 12.0 Å². The van der Waals surface area contributed by atoms with E-state index in [1.54, 1.807) is 0 Å². The van der Waals surface area contributed by atoms with Crippen LogP contribution in [0.1, 0.15) is 22.6 Å². The zero-order chi connectivity index (χ0) is 13.7. The van der Waals surface area contributed by atoms with E-state index in [0.29, 0.717) is 5.92 Å². The second-order valence-electron chi connectivity index (χ2n) is 5.00. The van der Waals surface area contributed by atoms with Crippen molar-refractivity contribution in [3.05, 3.63) is 70.2 Å². The van der Waals surface area contributed by atoms with Gasteiger partial charge in [-0.15, -0.1) is 0 Å². The largest absolute Gasteiger partial charge is 0.319 e. The molecule has 0 aromatic heterocycles. The van der Waals surface area contributed by atoms with Crippen LogP contribution in [0.4, 0.5) is 0 Å². The molecule has 0 spiro atoms. The molecule has 2 rings (SSSR count). The van der Waals surface area contributed by atoms with Crippen molar-refractivity contribution < 1.29 is 0 Å². The first-order valence-electron chi connectivity index (χ1n) is 6.64. The van der Waals surface area contributed by atoms with E-state index in [2.05, 4.69) is 48.6 Å². The Morgan fingerprint density at radius 3 is 2.47 bits per heavy atom. The van der Waals surface area contributed by atoms with Gasteiger partial charge in [0, 0.05) is 17.5 Å². The Labute approximate surface area is 120 Å². The molecule has 0 saturated carbocycles. The SMILES string of the molecule is CNCC(Cc1cccc(Cl)c1)c1ccc(C)cc1. The smallest absolute Gasteiger partial charge is 0.0408 e. The van der Waals surface area contributed by atoms with E-state index >= 15 is 0 Å². The van der Waals surface area contributed by atoms with Crippen LogP contribution in [-0.4, -0.2) is 13.6 Å². The van der Waals surface area contributed by atoms with Crippen LogP contribution in [0.15, 0.2) is 48.5 Å². The fraction of sp³-hybridized carbons (Fsp3) is 0.294. The number of halogens is 1. The summed E-state index contributed by atoms with van der Waals surface area (Å²) in [5.74, 6) is 0.476. The van der Waals surface area contributed by atoms with Crippen molar-refractivity contribution in [1.82, 2.24) is 5.32 Å². The van der Waals surface area contributed by atoms with Crippen molar-refractivity contribution >= 4 is 11.6 Å². The van der Waals surface area contributed by atoms with Gasteiger partial charge in [-0.3, -0.25) is 0 Å². The van der Waals surface area contributed by atoms with Crippen LogP contribution in [0.5, 0.6) is 0 Å². The van der Waals surface area contributed by atoms with Gasteiger partial charge < -0.3 is 5.32 Å². The molecule has 0 amide bonds. The lowest BCUT2D eigenvalue weighted by Gasteiger charge is -2.17.